The maximum atomic E-state index is 12.0. The van der Waals surface area contributed by atoms with Crippen LogP contribution in [0, 0.1) is 5.92 Å². The van der Waals surface area contributed by atoms with Crippen molar-refractivity contribution in [3.63, 3.8) is 0 Å². The average Bonchev–Trinajstić information content (AvgIpc) is 2.39. The molecule has 0 aliphatic heterocycles. The standard InChI is InChI=1S/C14H16O3/c1-3-10-6-5-7-11(8-10)14(17)12(9-15)13(16)4-2/h5-9,12H,3-4H2,1-2H3. The van der Waals surface area contributed by atoms with E-state index < -0.39 is 11.7 Å². The largest absolute Gasteiger partial charge is 0.302 e. The van der Waals surface area contributed by atoms with Crippen molar-refractivity contribution in [2.24, 2.45) is 5.92 Å². The smallest absolute Gasteiger partial charge is 0.180 e. The molecule has 0 amide bonds. The minimum atomic E-state index is -1.15. The number of carbonyl (C=O) groups is 3. The van der Waals surface area contributed by atoms with Gasteiger partial charge in [-0.15, -0.1) is 0 Å². The number of hydrogen-bond acceptors (Lipinski definition) is 3. The molecular weight excluding hydrogens is 216 g/mol. The second-order valence-electron chi connectivity index (χ2n) is 3.85. The van der Waals surface area contributed by atoms with Crippen LogP contribution in [-0.2, 0) is 16.0 Å². The van der Waals surface area contributed by atoms with Crippen molar-refractivity contribution in [2.45, 2.75) is 26.7 Å². The first-order valence-electron chi connectivity index (χ1n) is 5.75. The fourth-order valence-electron chi connectivity index (χ4n) is 1.63. The van der Waals surface area contributed by atoms with E-state index in [4.69, 9.17) is 0 Å². The van der Waals surface area contributed by atoms with E-state index >= 15 is 0 Å². The van der Waals surface area contributed by atoms with Gasteiger partial charge in [0.05, 0.1) is 0 Å². The highest BCUT2D eigenvalue weighted by atomic mass is 16.2. The molecule has 0 radical (unpaired) electrons. The molecule has 1 rings (SSSR count). The Morgan fingerprint density at radius 3 is 2.53 bits per heavy atom. The normalized spacial score (nSPS) is 11.9. The number of benzene rings is 1. The van der Waals surface area contributed by atoms with Crippen molar-refractivity contribution in [3.8, 4) is 0 Å². The maximum absolute atomic E-state index is 12.0. The molecule has 90 valence electrons. The second-order valence-corrected chi connectivity index (χ2v) is 3.85. The first-order valence-corrected chi connectivity index (χ1v) is 5.75. The van der Waals surface area contributed by atoms with Crippen LogP contribution in [0.5, 0.6) is 0 Å². The first-order chi connectivity index (χ1) is 8.13. The highest BCUT2D eigenvalue weighted by Gasteiger charge is 2.25. The third-order valence-electron chi connectivity index (χ3n) is 2.73. The van der Waals surface area contributed by atoms with Crippen LogP contribution in [0.1, 0.15) is 36.2 Å². The average molecular weight is 232 g/mol. The lowest BCUT2D eigenvalue weighted by molar-refractivity contribution is -0.125. The van der Waals surface area contributed by atoms with Gasteiger partial charge in [0.25, 0.3) is 0 Å². The first kappa shape index (κ1) is 13.3. The number of aldehydes is 1. The molecule has 0 heterocycles. The molecule has 0 aliphatic rings. The van der Waals surface area contributed by atoms with E-state index in [9.17, 15) is 14.4 Å². The molecule has 0 aliphatic carbocycles. The Morgan fingerprint density at radius 2 is 2.00 bits per heavy atom. The van der Waals surface area contributed by atoms with Gasteiger partial charge in [0.15, 0.2) is 11.6 Å². The van der Waals surface area contributed by atoms with Gasteiger partial charge in [-0.2, -0.15) is 0 Å². The highest BCUT2D eigenvalue weighted by molar-refractivity contribution is 6.19. The van der Waals surface area contributed by atoms with Crippen LogP contribution >= 0.6 is 0 Å². The number of ketones is 2. The number of rotatable bonds is 6. The van der Waals surface area contributed by atoms with Gasteiger partial charge in [-0.05, 0) is 18.1 Å². The van der Waals surface area contributed by atoms with Gasteiger partial charge in [-0.25, -0.2) is 0 Å². The van der Waals surface area contributed by atoms with Crippen molar-refractivity contribution in [1.82, 2.24) is 0 Å². The van der Waals surface area contributed by atoms with E-state index in [0.29, 0.717) is 11.8 Å². The van der Waals surface area contributed by atoms with Gasteiger partial charge in [0, 0.05) is 12.0 Å². The van der Waals surface area contributed by atoms with Crippen LogP contribution in [0.3, 0.4) is 0 Å². The lowest BCUT2D eigenvalue weighted by Crippen LogP contribution is -2.25. The lowest BCUT2D eigenvalue weighted by atomic mass is 9.93. The summed E-state index contributed by atoms with van der Waals surface area (Å²) in [6.45, 7) is 3.63. The molecule has 0 bridgehead atoms. The summed E-state index contributed by atoms with van der Waals surface area (Å²) in [5.41, 5.74) is 1.45. The van der Waals surface area contributed by atoms with Crippen molar-refractivity contribution in [1.29, 1.82) is 0 Å². The third-order valence-corrected chi connectivity index (χ3v) is 2.73. The van der Waals surface area contributed by atoms with Crippen LogP contribution in [0.2, 0.25) is 0 Å². The van der Waals surface area contributed by atoms with E-state index in [0.717, 1.165) is 12.0 Å². The molecule has 0 saturated heterocycles. The van der Waals surface area contributed by atoms with Crippen molar-refractivity contribution < 1.29 is 14.4 Å². The van der Waals surface area contributed by atoms with Crippen LogP contribution in [0.15, 0.2) is 24.3 Å². The Bertz CT molecular complexity index is 435. The minimum Gasteiger partial charge on any atom is -0.302 e. The molecule has 1 aromatic rings. The molecule has 1 atom stereocenters. The summed E-state index contributed by atoms with van der Waals surface area (Å²) < 4.78 is 0. The van der Waals surface area contributed by atoms with Gasteiger partial charge >= 0.3 is 0 Å². The zero-order chi connectivity index (χ0) is 12.8. The molecule has 1 unspecified atom stereocenters. The fourth-order valence-corrected chi connectivity index (χ4v) is 1.63. The number of Topliss-reactive ketones (excluding diaryl/α,β-unsaturated/α-hetero) is 2. The number of aryl methyl sites for hydroxylation is 1. The van der Waals surface area contributed by atoms with Crippen molar-refractivity contribution >= 4 is 17.9 Å². The van der Waals surface area contributed by atoms with E-state index in [1.807, 2.05) is 13.0 Å². The molecule has 0 fully saturated rings. The predicted molar refractivity (Wildman–Crippen MR) is 65.0 cm³/mol. The zero-order valence-electron chi connectivity index (χ0n) is 10.1. The molecule has 0 saturated carbocycles. The van der Waals surface area contributed by atoms with Crippen molar-refractivity contribution in [2.75, 3.05) is 0 Å². The lowest BCUT2D eigenvalue weighted by Gasteiger charge is -2.08. The summed E-state index contributed by atoms with van der Waals surface area (Å²) in [4.78, 5) is 34.3. The van der Waals surface area contributed by atoms with E-state index in [2.05, 4.69) is 0 Å². The van der Waals surface area contributed by atoms with E-state index in [1.165, 1.54) is 0 Å². The van der Waals surface area contributed by atoms with Crippen LogP contribution in [-0.4, -0.2) is 17.9 Å². The Morgan fingerprint density at radius 1 is 1.29 bits per heavy atom. The topological polar surface area (TPSA) is 51.2 Å². The number of carbonyl (C=O) groups excluding carboxylic acids is 3. The molecule has 3 heteroatoms. The third kappa shape index (κ3) is 3.09. The zero-order valence-corrected chi connectivity index (χ0v) is 10.1. The Kier molecular flexibility index (Phi) is 4.76. The van der Waals surface area contributed by atoms with Gasteiger partial charge in [-0.1, -0.05) is 32.0 Å². The predicted octanol–water partition coefficient (Wildman–Crippen LogP) is 2.23. The SMILES string of the molecule is CCC(=O)C(C=O)C(=O)c1cccc(CC)c1. The van der Waals surface area contributed by atoms with Crippen molar-refractivity contribution in [3.05, 3.63) is 35.4 Å². The van der Waals surface area contributed by atoms with Gasteiger partial charge in [0.1, 0.15) is 12.2 Å². The van der Waals surface area contributed by atoms with Crippen LogP contribution in [0.4, 0.5) is 0 Å². The molecular formula is C14H16O3. The van der Waals surface area contributed by atoms with Gasteiger partial charge < -0.3 is 4.79 Å². The number of hydrogen-bond donors (Lipinski definition) is 0. The second kappa shape index (κ2) is 6.09. The maximum Gasteiger partial charge on any atom is 0.180 e. The molecule has 1 aromatic carbocycles. The summed E-state index contributed by atoms with van der Waals surface area (Å²) in [6.07, 6.45) is 1.45. The minimum absolute atomic E-state index is 0.197. The van der Waals surface area contributed by atoms with E-state index in [1.54, 1.807) is 25.1 Å². The summed E-state index contributed by atoms with van der Waals surface area (Å²) >= 11 is 0. The summed E-state index contributed by atoms with van der Waals surface area (Å²) in [6, 6.07) is 7.06. The molecule has 0 N–H and O–H groups in total. The Labute approximate surface area is 101 Å². The fraction of sp³-hybridized carbons (Fsp3) is 0.357. The Balaban J connectivity index is 3.01. The molecule has 0 aromatic heterocycles. The monoisotopic (exact) mass is 232 g/mol. The summed E-state index contributed by atoms with van der Waals surface area (Å²) in [7, 11) is 0. The van der Waals surface area contributed by atoms with Gasteiger partial charge in [-0.3, -0.25) is 9.59 Å². The van der Waals surface area contributed by atoms with Crippen LogP contribution < -0.4 is 0 Å². The molecule has 17 heavy (non-hydrogen) atoms. The summed E-state index contributed by atoms with van der Waals surface area (Å²) in [5.74, 6) is -1.87. The molecule has 0 spiro atoms. The van der Waals surface area contributed by atoms with E-state index in [-0.39, 0.29) is 12.2 Å². The van der Waals surface area contributed by atoms with Crippen LogP contribution in [0.25, 0.3) is 0 Å². The quantitative estimate of drug-likeness (QED) is 0.429. The molecule has 3 nitrogen and oxygen atoms in total. The highest BCUT2D eigenvalue weighted by Crippen LogP contribution is 2.12. The summed E-state index contributed by atoms with van der Waals surface area (Å²) in [5, 5.41) is 0. The van der Waals surface area contributed by atoms with Gasteiger partial charge in [0.2, 0.25) is 0 Å². The Hall–Kier alpha value is -1.77.